The zero-order chi connectivity index (χ0) is 24.4. The fraction of sp³-hybridized carbons (Fsp3) is 0.0833. The van der Waals surface area contributed by atoms with Gasteiger partial charge >= 0.3 is 6.36 Å². The Hall–Kier alpha value is -4.67. The summed E-state index contributed by atoms with van der Waals surface area (Å²) in [6.45, 7) is 0.307. The Morgan fingerprint density at radius 1 is 1.09 bits per heavy atom. The minimum absolute atomic E-state index is 0.287. The first-order valence-electron chi connectivity index (χ1n) is 10.3. The van der Waals surface area contributed by atoms with Crippen LogP contribution in [0.1, 0.15) is 16.1 Å². The van der Waals surface area contributed by atoms with Crippen molar-refractivity contribution in [2.45, 2.75) is 12.9 Å². The molecule has 0 saturated heterocycles. The van der Waals surface area contributed by atoms with Crippen LogP contribution in [0, 0.1) is 0 Å². The first-order chi connectivity index (χ1) is 16.9. The third-order valence-corrected chi connectivity index (χ3v) is 5.04. The first kappa shape index (κ1) is 22.1. The Morgan fingerprint density at radius 2 is 1.91 bits per heavy atom. The van der Waals surface area contributed by atoms with Gasteiger partial charge in [0.1, 0.15) is 18.1 Å². The third-order valence-electron chi connectivity index (χ3n) is 5.04. The maximum atomic E-state index is 13.2. The van der Waals surface area contributed by atoms with Gasteiger partial charge in [-0.15, -0.1) is 13.2 Å². The average molecular weight is 479 g/mol. The molecule has 0 aliphatic rings. The molecule has 0 bridgehead atoms. The minimum atomic E-state index is -4.80. The van der Waals surface area contributed by atoms with E-state index in [9.17, 15) is 18.0 Å². The molecule has 1 amide bonds. The molecule has 0 aliphatic carbocycles. The molecule has 5 aromatic rings. The monoisotopic (exact) mass is 479 g/mol. The number of halogens is 3. The van der Waals surface area contributed by atoms with Crippen molar-refractivity contribution in [1.29, 1.82) is 0 Å². The molecule has 35 heavy (non-hydrogen) atoms. The quantitative estimate of drug-likeness (QED) is 0.356. The predicted octanol–water partition coefficient (Wildman–Crippen LogP) is 5.29. The standard InChI is InChI=1S/C24H16F3N5O3/c25-24(26,27)35-17-7-5-16(6-8-17)30-23(33)19-11-21(15-3-1-9-28-12-15)31-22-20(19)13-29-32(22)14-18-4-2-10-34-18/h1-13H,14H2,(H,30,33). The van der Waals surface area contributed by atoms with E-state index >= 15 is 0 Å². The van der Waals surface area contributed by atoms with E-state index in [0.717, 1.165) is 12.1 Å². The Labute approximate surface area is 196 Å². The summed E-state index contributed by atoms with van der Waals surface area (Å²) in [5, 5.41) is 7.57. The SMILES string of the molecule is O=C(Nc1ccc(OC(F)(F)F)cc1)c1cc(-c2cccnc2)nc2c1cnn2Cc1ccco1. The van der Waals surface area contributed by atoms with Crippen molar-refractivity contribution in [1.82, 2.24) is 19.7 Å². The van der Waals surface area contributed by atoms with Gasteiger partial charge in [-0.25, -0.2) is 9.67 Å². The lowest BCUT2D eigenvalue weighted by Crippen LogP contribution is -2.17. The van der Waals surface area contributed by atoms with E-state index in [1.54, 1.807) is 47.6 Å². The highest BCUT2D eigenvalue weighted by Crippen LogP contribution is 2.27. The van der Waals surface area contributed by atoms with Gasteiger partial charge in [-0.05, 0) is 54.6 Å². The van der Waals surface area contributed by atoms with Crippen LogP contribution in [0.4, 0.5) is 18.9 Å². The fourth-order valence-corrected chi connectivity index (χ4v) is 3.50. The van der Waals surface area contributed by atoms with E-state index in [0.29, 0.717) is 40.3 Å². The summed E-state index contributed by atoms with van der Waals surface area (Å²) in [5.41, 5.74) is 2.24. The Morgan fingerprint density at radius 3 is 2.60 bits per heavy atom. The minimum Gasteiger partial charge on any atom is -0.467 e. The summed E-state index contributed by atoms with van der Waals surface area (Å²) in [7, 11) is 0. The molecule has 0 saturated carbocycles. The summed E-state index contributed by atoms with van der Waals surface area (Å²) in [4.78, 5) is 22.0. The van der Waals surface area contributed by atoms with Crippen molar-refractivity contribution in [2.24, 2.45) is 0 Å². The topological polar surface area (TPSA) is 95.1 Å². The molecule has 1 N–H and O–H groups in total. The molecule has 0 unspecified atom stereocenters. The fourth-order valence-electron chi connectivity index (χ4n) is 3.50. The second kappa shape index (κ2) is 8.93. The molecule has 4 aromatic heterocycles. The Balaban J connectivity index is 1.50. The van der Waals surface area contributed by atoms with Gasteiger partial charge in [-0.2, -0.15) is 5.10 Å². The van der Waals surface area contributed by atoms with Crippen molar-refractivity contribution in [3.05, 3.63) is 90.8 Å². The van der Waals surface area contributed by atoms with Crippen molar-refractivity contribution in [3.63, 3.8) is 0 Å². The normalized spacial score (nSPS) is 11.5. The number of nitrogens with zero attached hydrogens (tertiary/aromatic N) is 4. The molecule has 11 heteroatoms. The lowest BCUT2D eigenvalue weighted by atomic mass is 10.1. The number of fused-ring (bicyclic) bond motifs is 1. The van der Waals surface area contributed by atoms with Crippen LogP contribution in [-0.4, -0.2) is 32.0 Å². The molecular weight excluding hydrogens is 463 g/mol. The molecule has 176 valence electrons. The molecular formula is C24H16F3N5O3. The van der Waals surface area contributed by atoms with Gasteiger partial charge in [0.15, 0.2) is 5.65 Å². The maximum absolute atomic E-state index is 13.2. The lowest BCUT2D eigenvalue weighted by molar-refractivity contribution is -0.274. The molecule has 0 spiro atoms. The number of aromatic nitrogens is 4. The highest BCUT2D eigenvalue weighted by molar-refractivity contribution is 6.12. The maximum Gasteiger partial charge on any atom is 0.573 e. The number of hydrogen-bond acceptors (Lipinski definition) is 6. The summed E-state index contributed by atoms with van der Waals surface area (Å²) < 4.78 is 48.1. The second-order valence-electron chi connectivity index (χ2n) is 7.44. The number of furan rings is 1. The molecule has 1 aromatic carbocycles. The summed E-state index contributed by atoms with van der Waals surface area (Å²) in [6, 6.07) is 13.6. The van der Waals surface area contributed by atoms with Gasteiger partial charge in [0.05, 0.1) is 29.1 Å². The molecule has 5 rings (SSSR count). The molecule has 0 radical (unpaired) electrons. The van der Waals surface area contributed by atoms with Gasteiger partial charge in [0.25, 0.3) is 5.91 Å². The van der Waals surface area contributed by atoms with Crippen molar-refractivity contribution in [3.8, 4) is 17.0 Å². The van der Waals surface area contributed by atoms with Crippen LogP contribution in [0.2, 0.25) is 0 Å². The number of rotatable bonds is 6. The highest BCUT2D eigenvalue weighted by Gasteiger charge is 2.31. The molecule has 0 fully saturated rings. The van der Waals surface area contributed by atoms with Gasteiger partial charge in [-0.3, -0.25) is 9.78 Å². The van der Waals surface area contributed by atoms with Gasteiger partial charge in [-0.1, -0.05) is 0 Å². The van der Waals surface area contributed by atoms with Crippen LogP contribution in [0.25, 0.3) is 22.3 Å². The van der Waals surface area contributed by atoms with E-state index in [1.165, 1.54) is 18.3 Å². The summed E-state index contributed by atoms with van der Waals surface area (Å²) in [5.74, 6) is -0.208. The first-order valence-corrected chi connectivity index (χ1v) is 10.3. The lowest BCUT2D eigenvalue weighted by Gasteiger charge is -2.11. The van der Waals surface area contributed by atoms with Crippen LogP contribution in [0.15, 0.2) is 83.9 Å². The number of hydrogen-bond donors (Lipinski definition) is 1. The van der Waals surface area contributed by atoms with E-state index in [4.69, 9.17) is 9.40 Å². The number of amides is 1. The van der Waals surface area contributed by atoms with Crippen LogP contribution in [0.3, 0.4) is 0 Å². The van der Waals surface area contributed by atoms with E-state index in [-0.39, 0.29) is 11.3 Å². The van der Waals surface area contributed by atoms with E-state index in [1.807, 2.05) is 6.07 Å². The number of nitrogens with one attached hydrogen (secondary N) is 1. The van der Waals surface area contributed by atoms with Crippen LogP contribution in [0.5, 0.6) is 5.75 Å². The number of alkyl halides is 3. The predicted molar refractivity (Wildman–Crippen MR) is 120 cm³/mol. The van der Waals surface area contributed by atoms with Gasteiger partial charge in [0.2, 0.25) is 0 Å². The number of anilines is 1. The van der Waals surface area contributed by atoms with Crippen molar-refractivity contribution in [2.75, 3.05) is 5.32 Å². The molecule has 0 aliphatic heterocycles. The number of pyridine rings is 2. The largest absolute Gasteiger partial charge is 0.573 e. The van der Waals surface area contributed by atoms with E-state index < -0.39 is 12.3 Å². The number of carbonyl (C=O) groups excluding carboxylic acids is 1. The van der Waals surface area contributed by atoms with E-state index in [2.05, 4.69) is 20.1 Å². The zero-order valence-electron chi connectivity index (χ0n) is 17.9. The smallest absolute Gasteiger partial charge is 0.467 e. The average Bonchev–Trinajstić information content (AvgIpc) is 3.50. The van der Waals surface area contributed by atoms with Gasteiger partial charge < -0.3 is 14.5 Å². The van der Waals surface area contributed by atoms with Crippen LogP contribution in [-0.2, 0) is 6.54 Å². The van der Waals surface area contributed by atoms with Gasteiger partial charge in [0, 0.05) is 23.6 Å². The Bertz CT molecular complexity index is 1460. The van der Waals surface area contributed by atoms with Crippen LogP contribution >= 0.6 is 0 Å². The molecule has 8 nitrogen and oxygen atoms in total. The number of carbonyl (C=O) groups is 1. The molecule has 0 atom stereocenters. The number of ether oxygens (including phenoxy) is 1. The van der Waals surface area contributed by atoms with Crippen molar-refractivity contribution < 1.29 is 27.1 Å². The molecule has 4 heterocycles. The summed E-state index contributed by atoms with van der Waals surface area (Å²) in [6.07, 6.45) is 1.55. The third kappa shape index (κ3) is 4.98. The second-order valence-corrected chi connectivity index (χ2v) is 7.44. The van der Waals surface area contributed by atoms with Crippen LogP contribution < -0.4 is 10.1 Å². The van der Waals surface area contributed by atoms with Crippen molar-refractivity contribution >= 4 is 22.6 Å². The number of benzene rings is 1. The Kier molecular flexibility index (Phi) is 5.65. The highest BCUT2D eigenvalue weighted by atomic mass is 19.4. The zero-order valence-corrected chi connectivity index (χ0v) is 17.9. The summed E-state index contributed by atoms with van der Waals surface area (Å²) >= 11 is 0.